The molecule has 2 aliphatic heterocycles. The van der Waals surface area contributed by atoms with Crippen LogP contribution in [-0.4, -0.2) is 41.3 Å². The molecule has 2 aliphatic rings. The van der Waals surface area contributed by atoms with E-state index >= 15 is 0 Å². The lowest BCUT2D eigenvalue weighted by atomic mass is 9.79. The fourth-order valence-corrected chi connectivity index (χ4v) is 2.81. The predicted octanol–water partition coefficient (Wildman–Crippen LogP) is 1.27. The van der Waals surface area contributed by atoms with E-state index in [1.54, 1.807) is 4.90 Å². The van der Waals surface area contributed by atoms with Crippen LogP contribution in [0.1, 0.15) is 32.1 Å². The number of piperidine rings is 2. The van der Waals surface area contributed by atoms with Crippen LogP contribution in [0.15, 0.2) is 0 Å². The Morgan fingerprint density at radius 1 is 1.21 bits per heavy atom. The third-order valence-corrected chi connectivity index (χ3v) is 3.61. The second kappa shape index (κ2) is 3.77. The lowest BCUT2D eigenvalue weighted by molar-refractivity contribution is 0.0271. The molecule has 2 N–H and O–H groups in total. The van der Waals surface area contributed by atoms with Gasteiger partial charge in [-0.25, -0.2) is 4.79 Å². The number of nitrogens with zero attached hydrogens (tertiary/aromatic N) is 1. The molecule has 0 unspecified atom stereocenters. The minimum Gasteiger partial charge on any atom is -0.465 e. The van der Waals surface area contributed by atoms with E-state index in [9.17, 15) is 4.79 Å². The molecular weight excluding hydrogens is 180 g/mol. The Hall–Kier alpha value is -0.770. The number of likely N-dealkylation sites (tertiary alicyclic amines) is 1. The number of carbonyl (C=O) groups is 1. The third kappa shape index (κ3) is 1.59. The van der Waals surface area contributed by atoms with E-state index in [0.717, 1.165) is 45.3 Å². The van der Waals surface area contributed by atoms with Crippen molar-refractivity contribution in [3.63, 3.8) is 0 Å². The molecule has 2 rings (SSSR count). The van der Waals surface area contributed by atoms with Crippen LogP contribution in [0.4, 0.5) is 4.79 Å². The summed E-state index contributed by atoms with van der Waals surface area (Å²) in [6.07, 6.45) is 4.51. The van der Waals surface area contributed by atoms with Crippen LogP contribution < -0.4 is 5.32 Å². The summed E-state index contributed by atoms with van der Waals surface area (Å²) in [7, 11) is 0. The highest BCUT2D eigenvalue weighted by Gasteiger charge is 2.42. The summed E-state index contributed by atoms with van der Waals surface area (Å²) >= 11 is 0. The monoisotopic (exact) mass is 198 g/mol. The van der Waals surface area contributed by atoms with Gasteiger partial charge in [-0.15, -0.1) is 0 Å². The van der Waals surface area contributed by atoms with Crippen LogP contribution in [-0.2, 0) is 0 Å². The standard InChI is InChI=1S/C10H18N2O2/c13-9(14)12-8-2-1-3-10(12)4-6-11-7-5-10/h11H,1-8H2,(H,13,14). The smallest absolute Gasteiger partial charge is 0.407 e. The first-order valence-corrected chi connectivity index (χ1v) is 5.46. The zero-order valence-corrected chi connectivity index (χ0v) is 8.46. The van der Waals surface area contributed by atoms with Crippen molar-refractivity contribution in [2.24, 2.45) is 0 Å². The van der Waals surface area contributed by atoms with Gasteiger partial charge in [0.25, 0.3) is 0 Å². The van der Waals surface area contributed by atoms with Crippen molar-refractivity contribution in [3.05, 3.63) is 0 Å². The second-order valence-corrected chi connectivity index (χ2v) is 4.37. The van der Waals surface area contributed by atoms with Crippen molar-refractivity contribution >= 4 is 6.09 Å². The van der Waals surface area contributed by atoms with Gasteiger partial charge in [0.2, 0.25) is 0 Å². The van der Waals surface area contributed by atoms with Gasteiger partial charge in [-0.05, 0) is 45.2 Å². The van der Waals surface area contributed by atoms with Crippen molar-refractivity contribution < 1.29 is 9.90 Å². The first kappa shape index (κ1) is 9.77. The number of hydrogen-bond donors (Lipinski definition) is 2. The number of amides is 1. The lowest BCUT2D eigenvalue weighted by Gasteiger charge is -2.48. The van der Waals surface area contributed by atoms with E-state index in [4.69, 9.17) is 5.11 Å². The molecule has 14 heavy (non-hydrogen) atoms. The number of carboxylic acid groups (broad SMARTS) is 1. The molecule has 0 radical (unpaired) electrons. The van der Waals surface area contributed by atoms with E-state index < -0.39 is 6.09 Å². The van der Waals surface area contributed by atoms with E-state index in [-0.39, 0.29) is 5.54 Å². The molecule has 0 saturated carbocycles. The average Bonchev–Trinajstić information content (AvgIpc) is 2.19. The molecule has 0 aromatic heterocycles. The maximum atomic E-state index is 11.1. The quantitative estimate of drug-likeness (QED) is 0.616. The summed E-state index contributed by atoms with van der Waals surface area (Å²) < 4.78 is 0. The van der Waals surface area contributed by atoms with Gasteiger partial charge in [0.15, 0.2) is 0 Å². The molecule has 1 spiro atoms. The van der Waals surface area contributed by atoms with Crippen molar-refractivity contribution in [1.29, 1.82) is 0 Å². The Bertz CT molecular complexity index is 216. The molecule has 0 aromatic carbocycles. The van der Waals surface area contributed by atoms with Crippen LogP contribution in [0.3, 0.4) is 0 Å². The Balaban J connectivity index is 2.14. The van der Waals surface area contributed by atoms with Gasteiger partial charge in [-0.1, -0.05) is 0 Å². The largest absolute Gasteiger partial charge is 0.465 e. The molecule has 0 bridgehead atoms. The highest BCUT2D eigenvalue weighted by atomic mass is 16.4. The van der Waals surface area contributed by atoms with E-state index in [0.29, 0.717) is 0 Å². The van der Waals surface area contributed by atoms with Crippen molar-refractivity contribution in [3.8, 4) is 0 Å². The van der Waals surface area contributed by atoms with Gasteiger partial charge < -0.3 is 15.3 Å². The second-order valence-electron chi connectivity index (χ2n) is 4.37. The Kier molecular flexibility index (Phi) is 2.63. The fourth-order valence-electron chi connectivity index (χ4n) is 2.81. The molecule has 0 atom stereocenters. The van der Waals surface area contributed by atoms with E-state index in [1.165, 1.54) is 6.42 Å². The highest BCUT2D eigenvalue weighted by Crippen LogP contribution is 2.35. The molecule has 1 amide bonds. The molecule has 2 heterocycles. The fraction of sp³-hybridized carbons (Fsp3) is 0.900. The molecule has 0 aliphatic carbocycles. The first-order chi connectivity index (χ1) is 6.75. The summed E-state index contributed by atoms with van der Waals surface area (Å²) in [5, 5.41) is 12.5. The number of hydrogen-bond acceptors (Lipinski definition) is 2. The first-order valence-electron chi connectivity index (χ1n) is 5.46. The van der Waals surface area contributed by atoms with E-state index in [1.807, 2.05) is 0 Å². The summed E-state index contributed by atoms with van der Waals surface area (Å²) in [4.78, 5) is 12.8. The number of rotatable bonds is 0. The maximum Gasteiger partial charge on any atom is 0.407 e. The van der Waals surface area contributed by atoms with Crippen LogP contribution in [0, 0.1) is 0 Å². The summed E-state index contributed by atoms with van der Waals surface area (Å²) in [5.74, 6) is 0. The summed E-state index contributed by atoms with van der Waals surface area (Å²) in [6, 6.07) is 0. The third-order valence-electron chi connectivity index (χ3n) is 3.61. The summed E-state index contributed by atoms with van der Waals surface area (Å²) in [5.41, 5.74) is -0.0324. The van der Waals surface area contributed by atoms with Crippen molar-refractivity contribution in [2.75, 3.05) is 19.6 Å². The SMILES string of the molecule is O=C(O)N1CCCCC12CCNCC2. The van der Waals surface area contributed by atoms with Crippen LogP contribution in [0.5, 0.6) is 0 Å². The van der Waals surface area contributed by atoms with Crippen molar-refractivity contribution in [1.82, 2.24) is 10.2 Å². The normalized spacial score (nSPS) is 26.4. The molecule has 2 fully saturated rings. The zero-order valence-electron chi connectivity index (χ0n) is 8.46. The highest BCUT2D eigenvalue weighted by molar-refractivity contribution is 5.66. The molecule has 80 valence electrons. The van der Waals surface area contributed by atoms with Crippen LogP contribution >= 0.6 is 0 Å². The van der Waals surface area contributed by atoms with Crippen LogP contribution in [0.2, 0.25) is 0 Å². The molecule has 4 nitrogen and oxygen atoms in total. The van der Waals surface area contributed by atoms with E-state index in [2.05, 4.69) is 5.32 Å². The Morgan fingerprint density at radius 2 is 1.93 bits per heavy atom. The van der Waals surface area contributed by atoms with Gasteiger partial charge in [0, 0.05) is 12.1 Å². The topological polar surface area (TPSA) is 52.6 Å². The Morgan fingerprint density at radius 3 is 2.57 bits per heavy atom. The molecule has 4 heteroatoms. The van der Waals surface area contributed by atoms with Gasteiger partial charge >= 0.3 is 6.09 Å². The van der Waals surface area contributed by atoms with Crippen molar-refractivity contribution in [2.45, 2.75) is 37.6 Å². The van der Waals surface area contributed by atoms with Crippen LogP contribution in [0.25, 0.3) is 0 Å². The summed E-state index contributed by atoms with van der Waals surface area (Å²) in [6.45, 7) is 2.66. The van der Waals surface area contributed by atoms with Gasteiger partial charge in [0.05, 0.1) is 0 Å². The van der Waals surface area contributed by atoms with Gasteiger partial charge in [-0.2, -0.15) is 0 Å². The minimum absolute atomic E-state index is 0.0324. The lowest BCUT2D eigenvalue weighted by Crippen LogP contribution is -2.58. The maximum absolute atomic E-state index is 11.1. The van der Waals surface area contributed by atoms with Gasteiger partial charge in [0.1, 0.15) is 0 Å². The minimum atomic E-state index is -0.730. The van der Waals surface area contributed by atoms with Gasteiger partial charge in [-0.3, -0.25) is 0 Å². The number of nitrogens with one attached hydrogen (secondary N) is 1. The molecule has 0 aromatic rings. The predicted molar refractivity (Wildman–Crippen MR) is 53.4 cm³/mol. The Labute approximate surface area is 84.3 Å². The molecular formula is C10H18N2O2. The average molecular weight is 198 g/mol. The zero-order chi connectivity index (χ0) is 10.0. The molecule has 2 saturated heterocycles.